The number of aryl methyl sites for hydroxylation is 2. The first-order valence-electron chi connectivity index (χ1n) is 7.92. The minimum atomic E-state index is -0.00767. The number of carbonyl (C=O) groups excluding carboxylic acids is 1. The van der Waals surface area contributed by atoms with E-state index in [0.717, 1.165) is 29.1 Å². The van der Waals surface area contributed by atoms with Crippen molar-refractivity contribution in [2.45, 2.75) is 25.8 Å². The van der Waals surface area contributed by atoms with Gasteiger partial charge in [-0.1, -0.05) is 30.3 Å². The molecule has 5 heteroatoms. The zero-order valence-corrected chi connectivity index (χ0v) is 14.1. The van der Waals surface area contributed by atoms with Gasteiger partial charge in [-0.05, 0) is 29.7 Å². The molecule has 0 radical (unpaired) electrons. The van der Waals surface area contributed by atoms with Crippen LogP contribution in [0.15, 0.2) is 60.2 Å². The molecular formula is C19H19N3OS. The van der Waals surface area contributed by atoms with E-state index in [4.69, 9.17) is 0 Å². The molecule has 1 amide bonds. The van der Waals surface area contributed by atoms with Crippen LogP contribution in [0.25, 0.3) is 0 Å². The van der Waals surface area contributed by atoms with E-state index >= 15 is 0 Å². The molecule has 2 aromatic heterocycles. The monoisotopic (exact) mass is 337 g/mol. The molecule has 0 bridgehead atoms. The first kappa shape index (κ1) is 16.3. The van der Waals surface area contributed by atoms with E-state index in [1.165, 1.54) is 5.56 Å². The van der Waals surface area contributed by atoms with Gasteiger partial charge in [-0.3, -0.25) is 9.78 Å². The highest BCUT2D eigenvalue weighted by Gasteiger charge is 2.08. The van der Waals surface area contributed by atoms with E-state index in [0.29, 0.717) is 13.0 Å². The zero-order chi connectivity index (χ0) is 16.6. The van der Waals surface area contributed by atoms with Crippen LogP contribution in [0.3, 0.4) is 0 Å². The number of thiazole rings is 1. The summed E-state index contributed by atoms with van der Waals surface area (Å²) in [6.07, 6.45) is 5.66. The molecule has 0 aliphatic heterocycles. The second kappa shape index (κ2) is 8.36. The molecule has 1 aromatic carbocycles. The van der Waals surface area contributed by atoms with Crippen molar-refractivity contribution in [3.05, 3.63) is 82.1 Å². The Labute approximate surface area is 145 Å². The average Bonchev–Trinajstić information content (AvgIpc) is 3.07. The lowest BCUT2D eigenvalue weighted by Gasteiger charge is -2.03. The Kier molecular flexibility index (Phi) is 5.69. The summed E-state index contributed by atoms with van der Waals surface area (Å²) in [5.74, 6) is -0.00767. The Hall–Kier alpha value is -2.53. The van der Waals surface area contributed by atoms with E-state index in [9.17, 15) is 4.79 Å². The second-order valence-electron chi connectivity index (χ2n) is 5.53. The first-order valence-corrected chi connectivity index (χ1v) is 8.80. The van der Waals surface area contributed by atoms with Crippen LogP contribution in [0.5, 0.6) is 0 Å². The minimum Gasteiger partial charge on any atom is -0.352 e. The van der Waals surface area contributed by atoms with Crippen LogP contribution in [0.1, 0.15) is 21.8 Å². The SMILES string of the molecule is O=C(Cc1csc(CCc2ccccc2)n1)NCc1ccncc1. The second-order valence-corrected chi connectivity index (χ2v) is 6.47. The highest BCUT2D eigenvalue weighted by Crippen LogP contribution is 2.13. The molecule has 0 saturated carbocycles. The first-order chi connectivity index (χ1) is 11.8. The Bertz CT molecular complexity index is 772. The largest absolute Gasteiger partial charge is 0.352 e. The predicted octanol–water partition coefficient (Wildman–Crippen LogP) is 3.18. The molecule has 0 spiro atoms. The summed E-state index contributed by atoms with van der Waals surface area (Å²) in [7, 11) is 0. The van der Waals surface area contributed by atoms with E-state index in [1.807, 2.05) is 23.6 Å². The fraction of sp³-hybridized carbons (Fsp3) is 0.211. The van der Waals surface area contributed by atoms with Crippen LogP contribution < -0.4 is 5.32 Å². The molecule has 3 aromatic rings. The molecule has 0 aliphatic carbocycles. The van der Waals surface area contributed by atoms with Gasteiger partial charge in [0, 0.05) is 30.7 Å². The van der Waals surface area contributed by atoms with E-state index in [-0.39, 0.29) is 5.91 Å². The van der Waals surface area contributed by atoms with Crippen LogP contribution in [0.2, 0.25) is 0 Å². The summed E-state index contributed by atoms with van der Waals surface area (Å²) >= 11 is 1.63. The summed E-state index contributed by atoms with van der Waals surface area (Å²) in [4.78, 5) is 20.5. The Morgan fingerprint density at radius 3 is 2.58 bits per heavy atom. The fourth-order valence-electron chi connectivity index (χ4n) is 2.37. The number of hydrogen-bond donors (Lipinski definition) is 1. The summed E-state index contributed by atoms with van der Waals surface area (Å²) < 4.78 is 0. The Morgan fingerprint density at radius 1 is 1.00 bits per heavy atom. The molecule has 0 aliphatic rings. The van der Waals surface area contributed by atoms with Crippen molar-refractivity contribution < 1.29 is 4.79 Å². The lowest BCUT2D eigenvalue weighted by atomic mass is 10.1. The number of carbonyl (C=O) groups is 1. The standard InChI is InChI=1S/C19H19N3OS/c23-18(21-13-16-8-10-20-11-9-16)12-17-14-24-19(22-17)7-6-15-4-2-1-3-5-15/h1-5,8-11,14H,6-7,12-13H2,(H,21,23). The van der Waals surface area contributed by atoms with E-state index in [2.05, 4.69) is 39.6 Å². The van der Waals surface area contributed by atoms with Crippen LogP contribution in [0.4, 0.5) is 0 Å². The van der Waals surface area contributed by atoms with Crippen molar-refractivity contribution in [2.24, 2.45) is 0 Å². The van der Waals surface area contributed by atoms with Crippen LogP contribution in [-0.2, 0) is 30.6 Å². The van der Waals surface area contributed by atoms with E-state index in [1.54, 1.807) is 23.7 Å². The Morgan fingerprint density at radius 2 is 1.79 bits per heavy atom. The van der Waals surface area contributed by atoms with Crippen LogP contribution in [0, 0.1) is 0 Å². The maximum atomic E-state index is 12.0. The molecule has 0 unspecified atom stereocenters. The predicted molar refractivity (Wildman–Crippen MR) is 95.8 cm³/mol. The third-order valence-corrected chi connectivity index (χ3v) is 4.61. The maximum Gasteiger partial charge on any atom is 0.226 e. The van der Waals surface area contributed by atoms with Crippen molar-refractivity contribution in [1.82, 2.24) is 15.3 Å². The lowest BCUT2D eigenvalue weighted by Crippen LogP contribution is -2.24. The molecule has 24 heavy (non-hydrogen) atoms. The molecule has 4 nitrogen and oxygen atoms in total. The van der Waals surface area contributed by atoms with Gasteiger partial charge in [0.2, 0.25) is 5.91 Å². The number of aromatic nitrogens is 2. The third-order valence-electron chi connectivity index (χ3n) is 3.65. The number of amides is 1. The fourth-order valence-corrected chi connectivity index (χ4v) is 3.17. The molecular weight excluding hydrogens is 318 g/mol. The van der Waals surface area contributed by atoms with Crippen LogP contribution in [-0.4, -0.2) is 15.9 Å². The molecule has 2 heterocycles. The smallest absolute Gasteiger partial charge is 0.226 e. The molecule has 3 rings (SSSR count). The number of nitrogens with zero attached hydrogens (tertiary/aromatic N) is 2. The number of nitrogens with one attached hydrogen (secondary N) is 1. The quantitative estimate of drug-likeness (QED) is 0.720. The summed E-state index contributed by atoms with van der Waals surface area (Å²) in [6, 6.07) is 14.2. The van der Waals surface area contributed by atoms with Crippen molar-refractivity contribution >= 4 is 17.2 Å². The van der Waals surface area contributed by atoms with Gasteiger partial charge in [0.25, 0.3) is 0 Å². The van der Waals surface area contributed by atoms with Gasteiger partial charge in [-0.15, -0.1) is 11.3 Å². The van der Waals surface area contributed by atoms with Gasteiger partial charge in [-0.25, -0.2) is 4.98 Å². The highest BCUT2D eigenvalue weighted by molar-refractivity contribution is 7.09. The van der Waals surface area contributed by atoms with Gasteiger partial charge in [-0.2, -0.15) is 0 Å². The van der Waals surface area contributed by atoms with Crippen molar-refractivity contribution in [1.29, 1.82) is 0 Å². The molecule has 0 saturated heterocycles. The van der Waals surface area contributed by atoms with Crippen molar-refractivity contribution in [3.63, 3.8) is 0 Å². The summed E-state index contributed by atoms with van der Waals surface area (Å²) in [5.41, 5.74) is 3.19. The normalized spacial score (nSPS) is 10.5. The van der Waals surface area contributed by atoms with Gasteiger partial charge in [0.1, 0.15) is 0 Å². The van der Waals surface area contributed by atoms with Crippen molar-refractivity contribution in [3.8, 4) is 0 Å². The average molecular weight is 337 g/mol. The summed E-state index contributed by atoms with van der Waals surface area (Å²) in [6.45, 7) is 0.520. The molecule has 122 valence electrons. The van der Waals surface area contributed by atoms with Gasteiger partial charge < -0.3 is 5.32 Å². The minimum absolute atomic E-state index is 0.00767. The third kappa shape index (κ3) is 4.99. The van der Waals surface area contributed by atoms with Gasteiger partial charge in [0.05, 0.1) is 17.1 Å². The highest BCUT2D eigenvalue weighted by atomic mass is 32.1. The summed E-state index contributed by atoms with van der Waals surface area (Å²) in [5, 5.41) is 5.97. The number of rotatable bonds is 7. The maximum absolute atomic E-state index is 12.0. The molecule has 0 fully saturated rings. The van der Waals surface area contributed by atoms with Crippen molar-refractivity contribution in [2.75, 3.05) is 0 Å². The Balaban J connectivity index is 1.46. The van der Waals surface area contributed by atoms with Crippen LogP contribution >= 0.6 is 11.3 Å². The van der Waals surface area contributed by atoms with E-state index < -0.39 is 0 Å². The lowest BCUT2D eigenvalue weighted by molar-refractivity contribution is -0.120. The van der Waals surface area contributed by atoms with Gasteiger partial charge in [0.15, 0.2) is 0 Å². The molecule has 1 N–H and O–H groups in total. The number of benzene rings is 1. The number of pyridine rings is 1. The molecule has 0 atom stereocenters. The topological polar surface area (TPSA) is 54.9 Å². The van der Waals surface area contributed by atoms with Gasteiger partial charge >= 0.3 is 0 Å². The zero-order valence-electron chi connectivity index (χ0n) is 13.3. The number of hydrogen-bond acceptors (Lipinski definition) is 4.